The number of hydrogen-bond acceptors (Lipinski definition) is 3. The molecule has 2 N–H and O–H groups in total. The fourth-order valence-electron chi connectivity index (χ4n) is 2.07. The number of nitrogens with one attached hydrogen (secondary N) is 1. The van der Waals surface area contributed by atoms with Crippen LogP contribution in [0.2, 0.25) is 0 Å². The Bertz CT molecular complexity index is 765. The second kappa shape index (κ2) is 7.26. The van der Waals surface area contributed by atoms with E-state index in [2.05, 4.69) is 5.32 Å². The second-order valence-corrected chi connectivity index (χ2v) is 4.90. The number of anilines is 1. The van der Waals surface area contributed by atoms with E-state index in [-0.39, 0.29) is 11.3 Å². The van der Waals surface area contributed by atoms with E-state index in [1.165, 1.54) is 12.1 Å². The molecule has 5 heteroatoms. The first-order valence-corrected chi connectivity index (χ1v) is 6.97. The van der Waals surface area contributed by atoms with Gasteiger partial charge in [0.05, 0.1) is 18.4 Å². The lowest BCUT2D eigenvalue weighted by atomic mass is 10.1. The molecule has 0 fully saturated rings. The minimum absolute atomic E-state index is 0.0475. The van der Waals surface area contributed by atoms with Gasteiger partial charge in [0, 0.05) is 6.08 Å². The number of carbonyl (C=O) groups is 2. The van der Waals surface area contributed by atoms with Crippen LogP contribution in [0.1, 0.15) is 21.5 Å². The highest BCUT2D eigenvalue weighted by Crippen LogP contribution is 2.20. The third-order valence-corrected chi connectivity index (χ3v) is 3.27. The van der Waals surface area contributed by atoms with E-state index < -0.39 is 11.9 Å². The van der Waals surface area contributed by atoms with Crippen LogP contribution in [0.3, 0.4) is 0 Å². The Morgan fingerprint density at radius 2 is 1.91 bits per heavy atom. The van der Waals surface area contributed by atoms with Gasteiger partial charge in [0.1, 0.15) is 5.75 Å². The number of benzene rings is 2. The lowest BCUT2D eigenvalue weighted by molar-refractivity contribution is -0.111. The summed E-state index contributed by atoms with van der Waals surface area (Å²) in [6.07, 6.45) is 2.99. The zero-order valence-corrected chi connectivity index (χ0v) is 12.9. The SMILES string of the molecule is COc1cc(/C=C/C(=O)Nc2ccccc2C(=O)O)ccc1C. The average molecular weight is 311 g/mol. The van der Waals surface area contributed by atoms with Crippen molar-refractivity contribution in [1.29, 1.82) is 0 Å². The Morgan fingerprint density at radius 3 is 2.61 bits per heavy atom. The normalized spacial score (nSPS) is 10.5. The van der Waals surface area contributed by atoms with Gasteiger partial charge in [-0.25, -0.2) is 4.79 Å². The Balaban J connectivity index is 2.12. The van der Waals surface area contributed by atoms with Gasteiger partial charge in [0.15, 0.2) is 0 Å². The molecule has 23 heavy (non-hydrogen) atoms. The Morgan fingerprint density at radius 1 is 1.17 bits per heavy atom. The number of methoxy groups -OCH3 is 1. The first-order valence-electron chi connectivity index (χ1n) is 6.97. The Kier molecular flexibility index (Phi) is 5.15. The molecule has 2 rings (SSSR count). The second-order valence-electron chi connectivity index (χ2n) is 4.90. The fourth-order valence-corrected chi connectivity index (χ4v) is 2.07. The zero-order valence-electron chi connectivity index (χ0n) is 12.9. The molecule has 0 spiro atoms. The topological polar surface area (TPSA) is 75.6 Å². The number of aryl methyl sites for hydroxylation is 1. The summed E-state index contributed by atoms with van der Waals surface area (Å²) in [5.74, 6) is -0.754. The van der Waals surface area contributed by atoms with Crippen LogP contribution in [0, 0.1) is 6.92 Å². The van der Waals surface area contributed by atoms with E-state index in [1.807, 2.05) is 25.1 Å². The Hall–Kier alpha value is -3.08. The molecule has 5 nitrogen and oxygen atoms in total. The molecule has 2 aromatic rings. The van der Waals surface area contributed by atoms with Crippen LogP contribution in [0.5, 0.6) is 5.75 Å². The highest BCUT2D eigenvalue weighted by Gasteiger charge is 2.10. The number of ether oxygens (including phenoxy) is 1. The van der Waals surface area contributed by atoms with Gasteiger partial charge in [-0.2, -0.15) is 0 Å². The van der Waals surface area contributed by atoms with Crippen LogP contribution in [-0.4, -0.2) is 24.1 Å². The van der Waals surface area contributed by atoms with E-state index in [1.54, 1.807) is 31.4 Å². The third-order valence-electron chi connectivity index (χ3n) is 3.27. The van der Waals surface area contributed by atoms with Crippen LogP contribution in [-0.2, 0) is 4.79 Å². The largest absolute Gasteiger partial charge is 0.496 e. The maximum Gasteiger partial charge on any atom is 0.337 e. The van der Waals surface area contributed by atoms with Crippen molar-refractivity contribution in [2.75, 3.05) is 12.4 Å². The van der Waals surface area contributed by atoms with Gasteiger partial charge in [-0.15, -0.1) is 0 Å². The standard InChI is InChI=1S/C18H17NO4/c1-12-7-8-13(11-16(12)23-2)9-10-17(20)19-15-6-4-3-5-14(15)18(21)22/h3-11H,1-2H3,(H,19,20)(H,21,22)/b10-9+. The molecule has 118 valence electrons. The minimum Gasteiger partial charge on any atom is -0.496 e. The van der Waals surface area contributed by atoms with Crippen molar-refractivity contribution in [3.8, 4) is 5.75 Å². The van der Waals surface area contributed by atoms with E-state index in [0.29, 0.717) is 0 Å². The molecule has 0 saturated heterocycles. The number of rotatable bonds is 5. The molecule has 0 bridgehead atoms. The quantitative estimate of drug-likeness (QED) is 0.830. The number of amides is 1. The summed E-state index contributed by atoms with van der Waals surface area (Å²) >= 11 is 0. The molecule has 0 unspecified atom stereocenters. The highest BCUT2D eigenvalue weighted by molar-refractivity contribution is 6.06. The van der Waals surface area contributed by atoms with E-state index in [9.17, 15) is 9.59 Å². The van der Waals surface area contributed by atoms with Gasteiger partial charge >= 0.3 is 5.97 Å². The van der Waals surface area contributed by atoms with E-state index >= 15 is 0 Å². The minimum atomic E-state index is -1.09. The summed E-state index contributed by atoms with van der Waals surface area (Å²) in [6.45, 7) is 1.93. The number of carboxylic acids is 1. The van der Waals surface area contributed by atoms with Crippen LogP contribution >= 0.6 is 0 Å². The van der Waals surface area contributed by atoms with Crippen molar-refractivity contribution in [2.24, 2.45) is 0 Å². The number of aromatic carboxylic acids is 1. The number of hydrogen-bond donors (Lipinski definition) is 2. The summed E-state index contributed by atoms with van der Waals surface area (Å²) < 4.78 is 5.23. The fraction of sp³-hybridized carbons (Fsp3) is 0.111. The van der Waals surface area contributed by atoms with Crippen molar-refractivity contribution in [3.63, 3.8) is 0 Å². The van der Waals surface area contributed by atoms with Crippen LogP contribution < -0.4 is 10.1 Å². The van der Waals surface area contributed by atoms with Crippen molar-refractivity contribution in [3.05, 3.63) is 65.2 Å². The third kappa shape index (κ3) is 4.20. The molecular weight excluding hydrogens is 294 g/mol. The maximum absolute atomic E-state index is 12.0. The molecule has 0 saturated carbocycles. The molecule has 0 aliphatic carbocycles. The number of carbonyl (C=O) groups excluding carboxylic acids is 1. The van der Waals surface area contributed by atoms with Gasteiger partial charge in [0.25, 0.3) is 0 Å². The van der Waals surface area contributed by atoms with Gasteiger partial charge < -0.3 is 15.2 Å². The van der Waals surface area contributed by atoms with Crippen LogP contribution in [0.15, 0.2) is 48.5 Å². The van der Waals surface area contributed by atoms with Crippen LogP contribution in [0.4, 0.5) is 5.69 Å². The molecule has 0 aliphatic rings. The molecule has 0 radical (unpaired) electrons. The first kappa shape index (κ1) is 16.3. The maximum atomic E-state index is 12.0. The highest BCUT2D eigenvalue weighted by atomic mass is 16.5. The molecule has 0 heterocycles. The van der Waals surface area contributed by atoms with Crippen molar-refractivity contribution in [2.45, 2.75) is 6.92 Å². The number of carboxylic acid groups (broad SMARTS) is 1. The molecule has 0 atom stereocenters. The van der Waals surface area contributed by atoms with E-state index in [0.717, 1.165) is 16.9 Å². The van der Waals surface area contributed by atoms with Gasteiger partial charge in [-0.05, 0) is 42.3 Å². The molecule has 0 aromatic heterocycles. The summed E-state index contributed by atoms with van der Waals surface area (Å²) in [7, 11) is 1.59. The lowest BCUT2D eigenvalue weighted by Crippen LogP contribution is -2.11. The molecule has 2 aromatic carbocycles. The molecular formula is C18H17NO4. The predicted octanol–water partition coefficient (Wildman–Crippen LogP) is 3.35. The average Bonchev–Trinajstić information content (AvgIpc) is 2.54. The first-order chi connectivity index (χ1) is 11.0. The van der Waals surface area contributed by atoms with Crippen molar-refractivity contribution < 1.29 is 19.4 Å². The summed E-state index contributed by atoms with van der Waals surface area (Å²) in [5.41, 5.74) is 2.13. The zero-order chi connectivity index (χ0) is 16.8. The van der Waals surface area contributed by atoms with Crippen molar-refractivity contribution in [1.82, 2.24) is 0 Å². The van der Waals surface area contributed by atoms with Gasteiger partial charge in [-0.3, -0.25) is 4.79 Å². The van der Waals surface area contributed by atoms with Crippen molar-refractivity contribution >= 4 is 23.6 Å². The summed E-state index contributed by atoms with van der Waals surface area (Å²) in [4.78, 5) is 23.1. The smallest absolute Gasteiger partial charge is 0.337 e. The predicted molar refractivity (Wildman–Crippen MR) is 88.8 cm³/mol. The van der Waals surface area contributed by atoms with Gasteiger partial charge in [0.2, 0.25) is 5.91 Å². The molecule has 1 amide bonds. The number of para-hydroxylation sites is 1. The monoisotopic (exact) mass is 311 g/mol. The van der Waals surface area contributed by atoms with Gasteiger partial charge in [-0.1, -0.05) is 24.3 Å². The Labute approximate surface area is 134 Å². The van der Waals surface area contributed by atoms with E-state index in [4.69, 9.17) is 9.84 Å². The van der Waals surface area contributed by atoms with Crippen LogP contribution in [0.25, 0.3) is 6.08 Å². The molecule has 0 aliphatic heterocycles. The summed E-state index contributed by atoms with van der Waals surface area (Å²) in [6, 6.07) is 11.8. The summed E-state index contributed by atoms with van der Waals surface area (Å²) in [5, 5.41) is 11.7. The lowest BCUT2D eigenvalue weighted by Gasteiger charge is -2.06.